The zero-order valence-electron chi connectivity index (χ0n) is 14.4. The van der Waals surface area contributed by atoms with E-state index in [4.69, 9.17) is 0 Å². The van der Waals surface area contributed by atoms with Gasteiger partial charge in [-0.3, -0.25) is 25.2 Å². The van der Waals surface area contributed by atoms with Crippen LogP contribution in [-0.2, 0) is 11.2 Å². The molecule has 0 saturated heterocycles. The van der Waals surface area contributed by atoms with Gasteiger partial charge in [-0.15, -0.1) is 11.3 Å². The number of carbonyl (C=O) groups excluding carboxylic acids is 3. The van der Waals surface area contributed by atoms with Gasteiger partial charge in [-0.05, 0) is 66.6 Å². The number of carbonyl (C=O) groups is 3. The molecule has 0 radical (unpaired) electrons. The standard InChI is InChI=1S/C19H19N3O3S/c1-3-17(23)22-8-4-5-13-10-14(6-7-15(13)22)18(24)20-21-19(25)16-9-12(2)11-26-16/h3,6-7,9-11H,1,4-5,8H2,2H3,(H,20,24)(H,21,25). The first-order valence-electron chi connectivity index (χ1n) is 8.22. The summed E-state index contributed by atoms with van der Waals surface area (Å²) in [5.74, 6) is -0.902. The second kappa shape index (κ2) is 7.53. The summed E-state index contributed by atoms with van der Waals surface area (Å²) in [6.07, 6.45) is 2.90. The number of benzene rings is 1. The van der Waals surface area contributed by atoms with Gasteiger partial charge in [0.25, 0.3) is 11.8 Å². The van der Waals surface area contributed by atoms with Crippen LogP contribution in [0.15, 0.2) is 42.3 Å². The van der Waals surface area contributed by atoms with Gasteiger partial charge in [-0.1, -0.05) is 6.58 Å². The third kappa shape index (κ3) is 3.67. The minimum Gasteiger partial charge on any atom is -0.309 e. The lowest BCUT2D eigenvalue weighted by molar-refractivity contribution is -0.114. The largest absolute Gasteiger partial charge is 0.309 e. The average Bonchev–Trinajstić information content (AvgIpc) is 3.10. The Morgan fingerprint density at radius 1 is 1.19 bits per heavy atom. The third-order valence-corrected chi connectivity index (χ3v) is 5.19. The van der Waals surface area contributed by atoms with Crippen LogP contribution in [-0.4, -0.2) is 24.3 Å². The van der Waals surface area contributed by atoms with E-state index < -0.39 is 5.91 Å². The minimum atomic E-state index is -0.401. The molecule has 2 heterocycles. The number of hydrogen-bond acceptors (Lipinski definition) is 4. The summed E-state index contributed by atoms with van der Waals surface area (Å²) in [5.41, 5.74) is 8.01. The molecule has 0 aliphatic carbocycles. The number of hydrogen-bond donors (Lipinski definition) is 2. The zero-order chi connectivity index (χ0) is 18.7. The van der Waals surface area contributed by atoms with Crippen molar-refractivity contribution in [1.29, 1.82) is 0 Å². The number of nitrogens with zero attached hydrogens (tertiary/aromatic N) is 1. The van der Waals surface area contributed by atoms with Crippen LogP contribution in [0.3, 0.4) is 0 Å². The molecule has 6 nitrogen and oxygen atoms in total. The summed E-state index contributed by atoms with van der Waals surface area (Å²) >= 11 is 1.32. The van der Waals surface area contributed by atoms with Crippen molar-refractivity contribution in [1.82, 2.24) is 10.9 Å². The number of amides is 3. The number of rotatable bonds is 3. The van der Waals surface area contributed by atoms with E-state index in [1.165, 1.54) is 17.4 Å². The van der Waals surface area contributed by atoms with E-state index in [2.05, 4.69) is 17.4 Å². The highest BCUT2D eigenvalue weighted by atomic mass is 32.1. The Balaban J connectivity index is 1.69. The van der Waals surface area contributed by atoms with Gasteiger partial charge in [0.05, 0.1) is 4.88 Å². The molecular weight excluding hydrogens is 350 g/mol. The Kier molecular flexibility index (Phi) is 5.18. The smallest absolute Gasteiger partial charge is 0.279 e. The molecule has 7 heteroatoms. The van der Waals surface area contributed by atoms with Crippen LogP contribution in [0.1, 0.15) is 37.6 Å². The van der Waals surface area contributed by atoms with Gasteiger partial charge < -0.3 is 4.90 Å². The quantitative estimate of drug-likeness (QED) is 0.645. The predicted molar refractivity (Wildman–Crippen MR) is 101 cm³/mol. The van der Waals surface area contributed by atoms with Gasteiger partial charge in [0.1, 0.15) is 0 Å². The molecule has 0 bridgehead atoms. The second-order valence-corrected chi connectivity index (χ2v) is 6.95. The first kappa shape index (κ1) is 17.9. The molecule has 3 rings (SSSR count). The molecule has 134 valence electrons. The number of thiophene rings is 1. The van der Waals surface area contributed by atoms with Crippen LogP contribution in [0, 0.1) is 6.92 Å². The maximum atomic E-state index is 12.3. The lowest BCUT2D eigenvalue weighted by Crippen LogP contribution is -2.41. The van der Waals surface area contributed by atoms with Crippen LogP contribution in [0.2, 0.25) is 0 Å². The van der Waals surface area contributed by atoms with Gasteiger partial charge in [-0.2, -0.15) is 0 Å². The molecule has 2 N–H and O–H groups in total. The molecule has 1 aromatic heterocycles. The van der Waals surface area contributed by atoms with Crippen molar-refractivity contribution in [2.45, 2.75) is 19.8 Å². The predicted octanol–water partition coefficient (Wildman–Crippen LogP) is 2.60. The summed E-state index contributed by atoms with van der Waals surface area (Å²) in [4.78, 5) is 38.5. The van der Waals surface area contributed by atoms with Gasteiger partial charge >= 0.3 is 0 Å². The maximum absolute atomic E-state index is 12.3. The van der Waals surface area contributed by atoms with Crippen LogP contribution in [0.5, 0.6) is 0 Å². The van der Waals surface area contributed by atoms with Crippen LogP contribution < -0.4 is 15.8 Å². The van der Waals surface area contributed by atoms with Crippen molar-refractivity contribution in [3.05, 3.63) is 63.9 Å². The lowest BCUT2D eigenvalue weighted by atomic mass is 9.99. The maximum Gasteiger partial charge on any atom is 0.279 e. The Morgan fingerprint density at radius 3 is 2.65 bits per heavy atom. The van der Waals surface area contributed by atoms with Crippen molar-refractivity contribution in [2.75, 3.05) is 11.4 Å². The Labute approximate surface area is 155 Å². The number of aryl methyl sites for hydroxylation is 2. The zero-order valence-corrected chi connectivity index (χ0v) is 15.2. The monoisotopic (exact) mass is 369 g/mol. The first-order chi connectivity index (χ1) is 12.5. The Morgan fingerprint density at radius 2 is 1.96 bits per heavy atom. The van der Waals surface area contributed by atoms with Crippen LogP contribution in [0.25, 0.3) is 0 Å². The molecule has 0 unspecified atom stereocenters. The summed E-state index contributed by atoms with van der Waals surface area (Å²) in [6.45, 7) is 6.07. The highest BCUT2D eigenvalue weighted by Gasteiger charge is 2.22. The number of anilines is 1. The number of hydrazine groups is 1. The Hall–Kier alpha value is -2.93. The molecule has 0 spiro atoms. The normalized spacial score (nSPS) is 12.9. The average molecular weight is 369 g/mol. The van der Waals surface area contributed by atoms with E-state index in [-0.39, 0.29) is 11.8 Å². The molecule has 26 heavy (non-hydrogen) atoms. The van der Waals surface area contributed by atoms with E-state index in [0.717, 1.165) is 29.7 Å². The van der Waals surface area contributed by atoms with Crippen molar-refractivity contribution >= 4 is 34.7 Å². The number of nitrogens with one attached hydrogen (secondary N) is 2. The first-order valence-corrected chi connectivity index (χ1v) is 9.10. The van der Waals surface area contributed by atoms with E-state index in [1.54, 1.807) is 29.2 Å². The SMILES string of the molecule is C=CC(=O)N1CCCc2cc(C(=O)NNC(=O)c3cc(C)cs3)ccc21. The highest BCUT2D eigenvalue weighted by Crippen LogP contribution is 2.28. The van der Waals surface area contributed by atoms with E-state index >= 15 is 0 Å². The molecule has 1 aromatic carbocycles. The fourth-order valence-electron chi connectivity index (χ4n) is 2.88. The second-order valence-electron chi connectivity index (χ2n) is 6.04. The third-order valence-electron chi connectivity index (χ3n) is 4.14. The Bertz CT molecular complexity index is 888. The minimum absolute atomic E-state index is 0.151. The van der Waals surface area contributed by atoms with Crippen molar-refractivity contribution < 1.29 is 14.4 Å². The van der Waals surface area contributed by atoms with E-state index in [9.17, 15) is 14.4 Å². The molecule has 0 atom stereocenters. The molecule has 0 saturated carbocycles. The lowest BCUT2D eigenvalue weighted by Gasteiger charge is -2.28. The van der Waals surface area contributed by atoms with Gasteiger partial charge in [0.15, 0.2) is 0 Å². The topological polar surface area (TPSA) is 78.5 Å². The van der Waals surface area contributed by atoms with Crippen LogP contribution in [0.4, 0.5) is 5.69 Å². The van der Waals surface area contributed by atoms with E-state index in [0.29, 0.717) is 17.0 Å². The molecule has 2 aromatic rings. The van der Waals surface area contributed by atoms with E-state index in [1.807, 2.05) is 12.3 Å². The van der Waals surface area contributed by atoms with Crippen molar-refractivity contribution in [3.8, 4) is 0 Å². The summed E-state index contributed by atoms with van der Waals surface area (Å²) < 4.78 is 0. The fourth-order valence-corrected chi connectivity index (χ4v) is 3.67. The van der Waals surface area contributed by atoms with Crippen LogP contribution >= 0.6 is 11.3 Å². The summed E-state index contributed by atoms with van der Waals surface area (Å²) in [5, 5.41) is 1.87. The fraction of sp³-hybridized carbons (Fsp3) is 0.211. The molecule has 1 aliphatic heterocycles. The molecular formula is C19H19N3O3S. The molecule has 0 fully saturated rings. The van der Waals surface area contributed by atoms with Gasteiger partial charge in [0, 0.05) is 17.8 Å². The molecule has 3 amide bonds. The summed E-state index contributed by atoms with van der Waals surface area (Å²) in [7, 11) is 0. The van der Waals surface area contributed by atoms with Crippen molar-refractivity contribution in [2.24, 2.45) is 0 Å². The molecule has 1 aliphatic rings. The summed E-state index contributed by atoms with van der Waals surface area (Å²) in [6, 6.07) is 6.92. The van der Waals surface area contributed by atoms with Crippen molar-refractivity contribution in [3.63, 3.8) is 0 Å². The number of fused-ring (bicyclic) bond motifs is 1. The highest BCUT2D eigenvalue weighted by molar-refractivity contribution is 7.12. The van der Waals surface area contributed by atoms with Gasteiger partial charge in [-0.25, -0.2) is 0 Å². The van der Waals surface area contributed by atoms with Gasteiger partial charge in [0.2, 0.25) is 5.91 Å².